The van der Waals surface area contributed by atoms with Crippen LogP contribution < -0.4 is 0 Å². The summed E-state index contributed by atoms with van der Waals surface area (Å²) in [4.78, 5) is 26.2. The third kappa shape index (κ3) is 6.02. The number of amides is 2. The van der Waals surface area contributed by atoms with Gasteiger partial charge in [0.25, 0.3) is 5.91 Å². The zero-order valence-corrected chi connectivity index (χ0v) is 19.0. The van der Waals surface area contributed by atoms with Gasteiger partial charge in [0.2, 0.25) is 26.0 Å². The van der Waals surface area contributed by atoms with E-state index in [0.717, 1.165) is 15.0 Å². The quantitative estimate of drug-likeness (QED) is 0.486. The summed E-state index contributed by atoms with van der Waals surface area (Å²) in [5.74, 6) is -0.993. The second kappa shape index (κ2) is 10.4. The lowest BCUT2D eigenvalue weighted by Gasteiger charge is -2.26. The Labute approximate surface area is 178 Å². The van der Waals surface area contributed by atoms with E-state index < -0.39 is 32.5 Å². The number of likely N-dealkylation sites (N-methyl/N-ethyl adjacent to an activating group) is 1. The third-order valence-electron chi connectivity index (χ3n) is 4.85. The van der Waals surface area contributed by atoms with Crippen LogP contribution >= 0.6 is 0 Å². The van der Waals surface area contributed by atoms with E-state index in [1.807, 2.05) is 0 Å². The fourth-order valence-corrected chi connectivity index (χ4v) is 5.91. The fraction of sp³-hybridized carbons (Fsp3) is 0.579. The molecule has 0 aliphatic carbocycles. The summed E-state index contributed by atoms with van der Waals surface area (Å²) in [6.07, 6.45) is 1.89. The van der Waals surface area contributed by atoms with Gasteiger partial charge >= 0.3 is 0 Å². The highest BCUT2D eigenvalue weighted by molar-refractivity contribution is 7.89. The Balaban J connectivity index is 2.10. The van der Waals surface area contributed by atoms with E-state index in [1.54, 1.807) is 30.0 Å². The maximum absolute atomic E-state index is 12.8. The zero-order valence-electron chi connectivity index (χ0n) is 17.4. The molecule has 1 aliphatic rings. The van der Waals surface area contributed by atoms with Crippen molar-refractivity contribution in [2.45, 2.75) is 37.5 Å². The number of likely N-dealkylation sites (tertiary alicyclic amines) is 1. The minimum absolute atomic E-state index is 0.0239. The van der Waals surface area contributed by atoms with E-state index in [1.165, 1.54) is 19.2 Å². The zero-order chi connectivity index (χ0) is 22.4. The van der Waals surface area contributed by atoms with E-state index >= 15 is 0 Å². The third-order valence-corrected chi connectivity index (χ3v) is 8.65. The summed E-state index contributed by atoms with van der Waals surface area (Å²) in [5.41, 5.74) is 0. The lowest BCUT2D eigenvalue weighted by atomic mass is 10.4. The van der Waals surface area contributed by atoms with Gasteiger partial charge in [0.15, 0.2) is 0 Å². The van der Waals surface area contributed by atoms with E-state index in [2.05, 4.69) is 0 Å². The van der Waals surface area contributed by atoms with E-state index in [4.69, 9.17) is 0 Å². The van der Waals surface area contributed by atoms with Crippen LogP contribution in [0, 0.1) is 0 Å². The molecular formula is C19H29N3O6S2. The number of nitrogens with zero attached hydrogens (tertiary/aromatic N) is 3. The molecule has 0 saturated carbocycles. The molecule has 30 heavy (non-hydrogen) atoms. The minimum atomic E-state index is -3.93. The number of rotatable bonds is 11. The molecule has 0 atom stereocenters. The van der Waals surface area contributed by atoms with Crippen LogP contribution in [0.25, 0.3) is 0 Å². The van der Waals surface area contributed by atoms with Gasteiger partial charge in [0, 0.05) is 33.1 Å². The van der Waals surface area contributed by atoms with Crippen molar-refractivity contribution in [1.82, 2.24) is 13.5 Å². The average molecular weight is 460 g/mol. The van der Waals surface area contributed by atoms with Crippen LogP contribution in [-0.2, 0) is 29.6 Å². The molecule has 1 aliphatic heterocycles. The van der Waals surface area contributed by atoms with Gasteiger partial charge in [0.05, 0.1) is 17.2 Å². The Kier molecular flexibility index (Phi) is 8.39. The molecule has 0 aromatic heterocycles. The van der Waals surface area contributed by atoms with E-state index in [-0.39, 0.29) is 23.1 Å². The Morgan fingerprint density at radius 2 is 1.80 bits per heavy atom. The predicted molar refractivity (Wildman–Crippen MR) is 112 cm³/mol. The van der Waals surface area contributed by atoms with Crippen molar-refractivity contribution in [1.29, 1.82) is 0 Å². The van der Waals surface area contributed by atoms with Crippen molar-refractivity contribution in [2.24, 2.45) is 0 Å². The molecule has 9 nitrogen and oxygen atoms in total. The van der Waals surface area contributed by atoms with Crippen molar-refractivity contribution in [3.05, 3.63) is 30.3 Å². The van der Waals surface area contributed by atoms with Gasteiger partial charge in [0.1, 0.15) is 0 Å². The second-order valence-electron chi connectivity index (χ2n) is 7.19. The first kappa shape index (κ1) is 24.3. The van der Waals surface area contributed by atoms with Crippen LogP contribution in [0.4, 0.5) is 0 Å². The number of carbonyl (C=O) groups is 2. The van der Waals surface area contributed by atoms with Gasteiger partial charge in [-0.05, 0) is 31.4 Å². The van der Waals surface area contributed by atoms with Crippen LogP contribution in [0.1, 0.15) is 32.6 Å². The number of carbonyl (C=O) groups excluding carboxylic acids is 2. The Morgan fingerprint density at radius 1 is 1.13 bits per heavy atom. The summed E-state index contributed by atoms with van der Waals surface area (Å²) in [6, 6.07) is 7.64. The maximum Gasteiger partial charge on any atom is 0.251 e. The molecule has 1 saturated heterocycles. The first-order valence-corrected chi connectivity index (χ1v) is 13.0. The van der Waals surface area contributed by atoms with Crippen molar-refractivity contribution in [2.75, 3.05) is 39.0 Å². The predicted octanol–water partition coefficient (Wildman–Crippen LogP) is 0.888. The van der Waals surface area contributed by atoms with Crippen molar-refractivity contribution in [3.63, 3.8) is 0 Å². The van der Waals surface area contributed by atoms with Crippen molar-refractivity contribution in [3.8, 4) is 0 Å². The highest BCUT2D eigenvalue weighted by Gasteiger charge is 2.31. The molecule has 1 aromatic carbocycles. The smallest absolute Gasteiger partial charge is 0.251 e. The fourth-order valence-electron chi connectivity index (χ4n) is 3.26. The molecule has 0 bridgehead atoms. The molecular weight excluding hydrogens is 430 g/mol. The molecule has 2 rings (SSSR count). The van der Waals surface area contributed by atoms with Gasteiger partial charge in [-0.25, -0.2) is 21.1 Å². The van der Waals surface area contributed by atoms with Gasteiger partial charge in [-0.3, -0.25) is 9.59 Å². The SMILES string of the molecule is CCCS(=O)(=O)N(CCCN1CCCC1=O)C(=O)CN(C)S(=O)(=O)c1ccccc1. The first-order valence-electron chi connectivity index (χ1n) is 9.92. The molecule has 168 valence electrons. The van der Waals surface area contributed by atoms with Crippen LogP contribution in [-0.4, -0.2) is 81.1 Å². The number of sulfonamides is 2. The second-order valence-corrected chi connectivity index (χ2v) is 11.3. The lowest BCUT2D eigenvalue weighted by molar-refractivity contribution is -0.127. The molecule has 0 spiro atoms. The highest BCUT2D eigenvalue weighted by atomic mass is 32.2. The van der Waals surface area contributed by atoms with Gasteiger partial charge in [-0.1, -0.05) is 25.1 Å². The van der Waals surface area contributed by atoms with Crippen LogP contribution in [0.15, 0.2) is 35.2 Å². The van der Waals surface area contributed by atoms with Crippen molar-refractivity contribution >= 4 is 31.9 Å². The summed E-state index contributed by atoms with van der Waals surface area (Å²) in [5, 5.41) is 0. The largest absolute Gasteiger partial charge is 0.343 e. The summed E-state index contributed by atoms with van der Waals surface area (Å²) >= 11 is 0. The van der Waals surface area contributed by atoms with Crippen LogP contribution in [0.5, 0.6) is 0 Å². The van der Waals surface area contributed by atoms with E-state index in [9.17, 15) is 26.4 Å². The molecule has 0 N–H and O–H groups in total. The topological polar surface area (TPSA) is 112 Å². The maximum atomic E-state index is 12.8. The standard InChI is InChI=1S/C19H29N3O6S2/c1-3-15-29(25,26)22(14-8-13-21-12-7-11-18(21)23)19(24)16-20(2)30(27,28)17-9-5-4-6-10-17/h4-6,9-10H,3,7-8,11-16H2,1-2H3. The monoisotopic (exact) mass is 459 g/mol. The molecule has 1 fully saturated rings. The van der Waals surface area contributed by atoms with E-state index in [0.29, 0.717) is 32.4 Å². The van der Waals surface area contributed by atoms with Gasteiger partial charge in [-0.15, -0.1) is 0 Å². The van der Waals surface area contributed by atoms with Gasteiger partial charge in [-0.2, -0.15) is 4.31 Å². The molecule has 1 aromatic rings. The Bertz CT molecular complexity index is 948. The number of hydrogen-bond donors (Lipinski definition) is 0. The summed E-state index contributed by atoms with van der Waals surface area (Å²) < 4.78 is 52.2. The first-order chi connectivity index (χ1) is 14.1. The van der Waals surface area contributed by atoms with Crippen molar-refractivity contribution < 1.29 is 26.4 Å². The molecule has 11 heteroatoms. The Morgan fingerprint density at radius 3 is 2.37 bits per heavy atom. The molecule has 0 radical (unpaired) electrons. The summed E-state index contributed by atoms with van der Waals surface area (Å²) in [6.45, 7) is 2.00. The highest BCUT2D eigenvalue weighted by Crippen LogP contribution is 2.15. The molecule has 0 unspecified atom stereocenters. The number of hydrogen-bond acceptors (Lipinski definition) is 6. The molecule has 2 amide bonds. The Hall–Kier alpha value is -1.98. The van der Waals surface area contributed by atoms with Crippen LogP contribution in [0.3, 0.4) is 0 Å². The summed E-state index contributed by atoms with van der Waals surface area (Å²) in [7, 11) is -6.56. The van der Waals surface area contributed by atoms with Crippen LogP contribution in [0.2, 0.25) is 0 Å². The van der Waals surface area contributed by atoms with Gasteiger partial charge < -0.3 is 4.90 Å². The lowest BCUT2D eigenvalue weighted by Crippen LogP contribution is -2.45. The normalized spacial score (nSPS) is 15.0. The number of benzene rings is 1. The minimum Gasteiger partial charge on any atom is -0.343 e. The average Bonchev–Trinajstić information content (AvgIpc) is 3.10. The molecule has 1 heterocycles.